The molecule has 1 aliphatic heterocycles. The first-order chi connectivity index (χ1) is 11.6. The topological polar surface area (TPSA) is 32.3 Å². The molecule has 1 atom stereocenters. The Morgan fingerprint density at radius 2 is 1.92 bits per heavy atom. The van der Waals surface area contributed by atoms with Crippen LogP contribution in [-0.4, -0.2) is 29.8 Å². The van der Waals surface area contributed by atoms with Crippen molar-refractivity contribution in [1.82, 2.24) is 4.90 Å². The minimum absolute atomic E-state index is 0.143. The van der Waals surface area contributed by atoms with Crippen LogP contribution in [-0.2, 0) is 0 Å². The largest absolute Gasteiger partial charge is 0.324 e. The van der Waals surface area contributed by atoms with E-state index in [1.165, 1.54) is 6.07 Å². The number of amides is 2. The fourth-order valence-corrected chi connectivity index (χ4v) is 3.95. The smallest absolute Gasteiger partial charge is 0.321 e. The third kappa shape index (κ3) is 4.06. The molecule has 1 fully saturated rings. The lowest BCUT2D eigenvalue weighted by atomic mass is 10.1. The molecule has 1 saturated heterocycles. The number of urea groups is 1. The van der Waals surface area contributed by atoms with Gasteiger partial charge in [0, 0.05) is 35.3 Å². The van der Waals surface area contributed by atoms with Gasteiger partial charge in [-0.05, 0) is 36.8 Å². The Bertz CT molecular complexity index is 711. The van der Waals surface area contributed by atoms with Crippen LogP contribution in [0, 0.1) is 11.6 Å². The number of para-hydroxylation sites is 1. The quantitative estimate of drug-likeness (QED) is 0.855. The molecule has 2 aromatic carbocycles. The second kappa shape index (κ2) is 7.66. The Morgan fingerprint density at radius 1 is 1.12 bits per heavy atom. The first-order valence-electron chi connectivity index (χ1n) is 7.81. The van der Waals surface area contributed by atoms with E-state index in [1.54, 1.807) is 16.7 Å². The van der Waals surface area contributed by atoms with E-state index in [0.29, 0.717) is 30.8 Å². The van der Waals surface area contributed by atoms with Gasteiger partial charge in [-0.1, -0.05) is 18.2 Å². The number of carbonyl (C=O) groups is 1. The van der Waals surface area contributed by atoms with Gasteiger partial charge in [0.1, 0.15) is 11.6 Å². The molecular weight excluding hydrogens is 330 g/mol. The highest BCUT2D eigenvalue weighted by Crippen LogP contribution is 2.36. The molecule has 1 aliphatic rings. The predicted octanol–water partition coefficient (Wildman–Crippen LogP) is 4.68. The number of hydrogen-bond donors (Lipinski definition) is 1. The summed E-state index contributed by atoms with van der Waals surface area (Å²) in [5, 5.41) is 2.71. The van der Waals surface area contributed by atoms with Crippen molar-refractivity contribution in [3.63, 3.8) is 0 Å². The minimum atomic E-state index is -0.435. The number of nitrogens with zero attached hydrogens (tertiary/aromatic N) is 1. The van der Waals surface area contributed by atoms with Gasteiger partial charge >= 0.3 is 6.03 Å². The van der Waals surface area contributed by atoms with Crippen LogP contribution in [0.3, 0.4) is 0 Å². The Labute approximate surface area is 144 Å². The van der Waals surface area contributed by atoms with Crippen molar-refractivity contribution in [2.24, 2.45) is 0 Å². The molecule has 2 aromatic rings. The summed E-state index contributed by atoms with van der Waals surface area (Å²) in [5.74, 6) is -0.144. The zero-order valence-electron chi connectivity index (χ0n) is 13.0. The third-order valence-electron chi connectivity index (χ3n) is 3.96. The van der Waals surface area contributed by atoms with Crippen molar-refractivity contribution in [3.8, 4) is 0 Å². The van der Waals surface area contributed by atoms with Crippen molar-refractivity contribution in [2.75, 3.05) is 24.2 Å². The molecule has 0 aromatic heterocycles. The van der Waals surface area contributed by atoms with Crippen LogP contribution >= 0.6 is 11.8 Å². The summed E-state index contributed by atoms with van der Waals surface area (Å²) in [6.07, 6.45) is 0.591. The van der Waals surface area contributed by atoms with E-state index in [4.69, 9.17) is 0 Å². The number of nitrogens with one attached hydrogen (secondary N) is 1. The summed E-state index contributed by atoms with van der Waals surface area (Å²) in [6.45, 7) is 1.09. The summed E-state index contributed by atoms with van der Waals surface area (Å²) < 4.78 is 27.4. The monoisotopic (exact) mass is 348 g/mol. The van der Waals surface area contributed by atoms with Gasteiger partial charge in [-0.3, -0.25) is 0 Å². The molecule has 1 heterocycles. The maximum absolute atomic E-state index is 14.0. The van der Waals surface area contributed by atoms with Crippen molar-refractivity contribution >= 4 is 23.5 Å². The molecule has 24 heavy (non-hydrogen) atoms. The summed E-state index contributed by atoms with van der Waals surface area (Å²) >= 11 is 1.56. The Kier molecular flexibility index (Phi) is 5.35. The maximum Gasteiger partial charge on any atom is 0.321 e. The Balaban J connectivity index is 1.64. The van der Waals surface area contributed by atoms with Crippen molar-refractivity contribution < 1.29 is 13.6 Å². The molecule has 3 nitrogen and oxygen atoms in total. The van der Waals surface area contributed by atoms with Gasteiger partial charge in [0.05, 0.1) is 0 Å². The number of benzene rings is 2. The number of anilines is 1. The van der Waals surface area contributed by atoms with Gasteiger partial charge in [-0.2, -0.15) is 11.8 Å². The lowest BCUT2D eigenvalue weighted by Crippen LogP contribution is -2.36. The molecule has 0 aliphatic carbocycles. The second-order valence-electron chi connectivity index (χ2n) is 5.60. The van der Waals surface area contributed by atoms with Gasteiger partial charge in [-0.15, -0.1) is 0 Å². The van der Waals surface area contributed by atoms with Crippen LogP contribution in [0.25, 0.3) is 0 Å². The van der Waals surface area contributed by atoms with Crippen LogP contribution in [0.1, 0.15) is 17.2 Å². The summed E-state index contributed by atoms with van der Waals surface area (Å²) in [7, 11) is 0. The normalized spacial score (nSPS) is 18.1. The molecule has 1 N–H and O–H groups in total. The highest BCUT2D eigenvalue weighted by Gasteiger charge is 2.24. The van der Waals surface area contributed by atoms with E-state index in [0.717, 1.165) is 17.8 Å². The number of rotatable bonds is 2. The Morgan fingerprint density at radius 3 is 2.71 bits per heavy atom. The van der Waals surface area contributed by atoms with Crippen LogP contribution in [0.2, 0.25) is 0 Å². The van der Waals surface area contributed by atoms with Crippen molar-refractivity contribution in [3.05, 3.63) is 65.7 Å². The van der Waals surface area contributed by atoms with Gasteiger partial charge in [0.25, 0.3) is 0 Å². The van der Waals surface area contributed by atoms with Crippen molar-refractivity contribution in [1.29, 1.82) is 0 Å². The molecule has 6 heteroatoms. The van der Waals surface area contributed by atoms with Gasteiger partial charge < -0.3 is 10.2 Å². The summed E-state index contributed by atoms with van der Waals surface area (Å²) in [5.41, 5.74) is 1.12. The minimum Gasteiger partial charge on any atom is -0.324 e. The van der Waals surface area contributed by atoms with Crippen molar-refractivity contribution in [2.45, 2.75) is 11.7 Å². The maximum atomic E-state index is 14.0. The predicted molar refractivity (Wildman–Crippen MR) is 93.2 cm³/mol. The third-order valence-corrected chi connectivity index (χ3v) is 5.27. The van der Waals surface area contributed by atoms with Gasteiger partial charge in [-0.25, -0.2) is 13.6 Å². The van der Waals surface area contributed by atoms with E-state index >= 15 is 0 Å². The first kappa shape index (κ1) is 16.8. The zero-order chi connectivity index (χ0) is 16.9. The SMILES string of the molecule is O=C(Nc1ccccc1)N1CCSC(c2cc(F)ccc2F)CC1. The van der Waals surface area contributed by atoms with Gasteiger partial charge in [0.2, 0.25) is 0 Å². The highest BCUT2D eigenvalue weighted by atomic mass is 32.2. The fourth-order valence-electron chi connectivity index (χ4n) is 2.71. The lowest BCUT2D eigenvalue weighted by molar-refractivity contribution is 0.215. The van der Waals surface area contributed by atoms with Crippen LogP contribution < -0.4 is 5.32 Å². The van der Waals surface area contributed by atoms with Gasteiger partial charge in [0.15, 0.2) is 0 Å². The van der Waals surface area contributed by atoms with E-state index in [-0.39, 0.29) is 11.3 Å². The molecule has 0 bridgehead atoms. The van der Waals surface area contributed by atoms with E-state index in [2.05, 4.69) is 5.32 Å². The van der Waals surface area contributed by atoms with E-state index < -0.39 is 11.6 Å². The average molecular weight is 348 g/mol. The van der Waals surface area contributed by atoms with Crippen LogP contribution in [0.5, 0.6) is 0 Å². The first-order valence-corrected chi connectivity index (χ1v) is 8.86. The number of halogens is 2. The molecule has 0 spiro atoms. The summed E-state index contributed by atoms with van der Waals surface area (Å²) in [4.78, 5) is 14.1. The summed E-state index contributed by atoms with van der Waals surface area (Å²) in [6, 6.07) is 12.6. The Hall–Kier alpha value is -2.08. The zero-order valence-corrected chi connectivity index (χ0v) is 13.9. The molecule has 2 amide bonds. The number of hydrogen-bond acceptors (Lipinski definition) is 2. The van der Waals surface area contributed by atoms with Crippen LogP contribution in [0.4, 0.5) is 19.3 Å². The molecular formula is C18H18F2N2OS. The fraction of sp³-hybridized carbons (Fsp3) is 0.278. The standard InChI is InChI=1S/C18H18F2N2OS/c19-13-6-7-16(20)15(12-13)17-8-9-22(10-11-24-17)18(23)21-14-4-2-1-3-5-14/h1-7,12,17H,8-11H2,(H,21,23). The average Bonchev–Trinajstić information content (AvgIpc) is 2.84. The highest BCUT2D eigenvalue weighted by molar-refractivity contribution is 7.99. The van der Waals surface area contributed by atoms with E-state index in [1.807, 2.05) is 30.3 Å². The number of carbonyl (C=O) groups excluding carboxylic acids is 1. The molecule has 0 saturated carbocycles. The molecule has 0 radical (unpaired) electrons. The lowest BCUT2D eigenvalue weighted by Gasteiger charge is -2.21. The van der Waals surface area contributed by atoms with E-state index in [9.17, 15) is 13.6 Å². The van der Waals surface area contributed by atoms with Crippen LogP contribution in [0.15, 0.2) is 48.5 Å². The molecule has 1 unspecified atom stereocenters. The molecule has 126 valence electrons. The molecule has 3 rings (SSSR count). The number of thioether (sulfide) groups is 1. The second-order valence-corrected chi connectivity index (χ2v) is 6.91.